The van der Waals surface area contributed by atoms with E-state index in [0.717, 1.165) is 5.56 Å². The first-order valence-corrected chi connectivity index (χ1v) is 7.43. The third kappa shape index (κ3) is 4.95. The van der Waals surface area contributed by atoms with Crippen LogP contribution in [0.15, 0.2) is 59.7 Å². The molecule has 0 radical (unpaired) electrons. The number of hydrogen-bond donors (Lipinski definition) is 2. The molecular weight excluding hydrogens is 306 g/mol. The van der Waals surface area contributed by atoms with E-state index in [2.05, 4.69) is 15.8 Å². The number of rotatable bonds is 6. The zero-order valence-electron chi connectivity index (χ0n) is 13.5. The molecule has 0 fully saturated rings. The Morgan fingerprint density at radius 3 is 2.38 bits per heavy atom. The number of hydrogen-bond acceptors (Lipinski definition) is 4. The van der Waals surface area contributed by atoms with Crippen LogP contribution in [0.4, 0.5) is 0 Å². The first-order chi connectivity index (χ1) is 11.6. The van der Waals surface area contributed by atoms with E-state index in [0.29, 0.717) is 11.3 Å². The molecule has 0 aromatic heterocycles. The third-order valence-corrected chi connectivity index (χ3v) is 3.28. The van der Waals surface area contributed by atoms with Crippen LogP contribution in [-0.2, 0) is 4.79 Å². The van der Waals surface area contributed by atoms with Gasteiger partial charge in [-0.3, -0.25) is 9.59 Å². The van der Waals surface area contributed by atoms with E-state index in [1.54, 1.807) is 38.3 Å². The number of nitrogens with one attached hydrogen (secondary N) is 2. The largest absolute Gasteiger partial charge is 0.497 e. The van der Waals surface area contributed by atoms with Crippen molar-refractivity contribution in [1.29, 1.82) is 0 Å². The monoisotopic (exact) mass is 325 g/mol. The van der Waals surface area contributed by atoms with E-state index in [9.17, 15) is 9.59 Å². The molecule has 0 aliphatic rings. The van der Waals surface area contributed by atoms with Crippen LogP contribution in [0, 0.1) is 0 Å². The van der Waals surface area contributed by atoms with Crippen LogP contribution in [0.25, 0.3) is 0 Å². The summed E-state index contributed by atoms with van der Waals surface area (Å²) in [5.74, 6) is -0.0797. The van der Waals surface area contributed by atoms with Crippen molar-refractivity contribution < 1.29 is 14.3 Å². The Hall–Kier alpha value is -3.15. The van der Waals surface area contributed by atoms with Gasteiger partial charge in [0.25, 0.3) is 11.8 Å². The second kappa shape index (κ2) is 8.47. The van der Waals surface area contributed by atoms with Crippen LogP contribution in [0.3, 0.4) is 0 Å². The van der Waals surface area contributed by atoms with Crippen molar-refractivity contribution in [3.8, 4) is 5.75 Å². The van der Waals surface area contributed by atoms with Gasteiger partial charge in [0.15, 0.2) is 0 Å². The van der Waals surface area contributed by atoms with E-state index in [1.165, 1.54) is 6.21 Å². The normalized spacial score (nSPS) is 11.8. The Kier molecular flexibility index (Phi) is 6.08. The highest BCUT2D eigenvalue weighted by atomic mass is 16.5. The smallest absolute Gasteiger partial charge is 0.262 e. The van der Waals surface area contributed by atoms with Crippen LogP contribution < -0.4 is 15.5 Å². The second-order valence-electron chi connectivity index (χ2n) is 5.07. The van der Waals surface area contributed by atoms with E-state index >= 15 is 0 Å². The maximum absolute atomic E-state index is 12.1. The summed E-state index contributed by atoms with van der Waals surface area (Å²) < 4.78 is 5.04. The van der Waals surface area contributed by atoms with Crippen molar-refractivity contribution in [2.75, 3.05) is 7.11 Å². The quantitative estimate of drug-likeness (QED) is 0.629. The summed E-state index contributed by atoms with van der Waals surface area (Å²) in [5, 5.41) is 6.49. The lowest BCUT2D eigenvalue weighted by molar-refractivity contribution is -0.122. The van der Waals surface area contributed by atoms with Gasteiger partial charge >= 0.3 is 0 Å². The van der Waals surface area contributed by atoms with Gasteiger partial charge in [0.1, 0.15) is 11.8 Å². The predicted molar refractivity (Wildman–Crippen MR) is 92.1 cm³/mol. The van der Waals surface area contributed by atoms with Gasteiger partial charge in [0, 0.05) is 5.56 Å². The summed E-state index contributed by atoms with van der Waals surface area (Å²) in [7, 11) is 1.55. The highest BCUT2D eigenvalue weighted by Crippen LogP contribution is 2.11. The van der Waals surface area contributed by atoms with Crippen molar-refractivity contribution >= 4 is 18.0 Å². The molecule has 0 aliphatic heterocycles. The standard InChI is InChI=1S/C18H19N3O3/c1-13(17(22)21-19-12-14-6-4-3-5-7-14)20-18(23)15-8-10-16(24-2)11-9-15/h3-13H,1-2H3,(H,20,23)(H,21,22)/b19-12+/t13-/m0/s1. The van der Waals surface area contributed by atoms with Gasteiger partial charge in [-0.1, -0.05) is 30.3 Å². The molecule has 0 saturated carbocycles. The molecule has 2 N–H and O–H groups in total. The number of amides is 2. The summed E-state index contributed by atoms with van der Waals surface area (Å²) in [6.45, 7) is 1.59. The fraction of sp³-hybridized carbons (Fsp3) is 0.167. The fourth-order valence-corrected chi connectivity index (χ4v) is 1.89. The van der Waals surface area contributed by atoms with Gasteiger partial charge in [-0.2, -0.15) is 5.10 Å². The lowest BCUT2D eigenvalue weighted by Gasteiger charge is -2.12. The van der Waals surface area contributed by atoms with E-state index < -0.39 is 11.9 Å². The number of ether oxygens (including phenoxy) is 1. The molecule has 0 spiro atoms. The maximum Gasteiger partial charge on any atom is 0.262 e. The number of carbonyl (C=O) groups is 2. The summed E-state index contributed by atoms with van der Waals surface area (Å²) in [6, 6.07) is 15.3. The molecule has 2 aromatic carbocycles. The summed E-state index contributed by atoms with van der Waals surface area (Å²) in [5.41, 5.74) is 3.72. The molecule has 2 rings (SSSR count). The zero-order chi connectivity index (χ0) is 17.4. The summed E-state index contributed by atoms with van der Waals surface area (Å²) in [4.78, 5) is 24.0. The van der Waals surface area contributed by atoms with Crippen molar-refractivity contribution in [2.24, 2.45) is 5.10 Å². The first kappa shape index (κ1) is 17.2. The summed E-state index contributed by atoms with van der Waals surface area (Å²) >= 11 is 0. The molecule has 6 nitrogen and oxygen atoms in total. The Labute approximate surface area is 140 Å². The minimum Gasteiger partial charge on any atom is -0.497 e. The van der Waals surface area contributed by atoms with Crippen LogP contribution in [0.2, 0.25) is 0 Å². The average Bonchev–Trinajstić information content (AvgIpc) is 2.62. The molecule has 0 saturated heterocycles. The molecule has 1 atom stereocenters. The van der Waals surface area contributed by atoms with E-state index in [4.69, 9.17) is 4.74 Å². The number of hydrazone groups is 1. The van der Waals surface area contributed by atoms with Crippen molar-refractivity contribution in [3.63, 3.8) is 0 Å². The fourth-order valence-electron chi connectivity index (χ4n) is 1.89. The third-order valence-electron chi connectivity index (χ3n) is 3.28. The number of nitrogens with zero attached hydrogens (tertiary/aromatic N) is 1. The van der Waals surface area contributed by atoms with Crippen molar-refractivity contribution in [1.82, 2.24) is 10.7 Å². The van der Waals surface area contributed by atoms with Crippen molar-refractivity contribution in [2.45, 2.75) is 13.0 Å². The molecule has 124 valence electrons. The number of benzene rings is 2. The summed E-state index contributed by atoms with van der Waals surface area (Å²) in [6.07, 6.45) is 1.54. The lowest BCUT2D eigenvalue weighted by atomic mass is 10.2. The Morgan fingerprint density at radius 2 is 1.75 bits per heavy atom. The van der Waals surface area contributed by atoms with E-state index in [1.807, 2.05) is 30.3 Å². The maximum atomic E-state index is 12.1. The lowest BCUT2D eigenvalue weighted by Crippen LogP contribution is -2.43. The van der Waals surface area contributed by atoms with Crippen LogP contribution in [0.5, 0.6) is 5.75 Å². The van der Waals surface area contributed by atoms with Crippen LogP contribution in [-0.4, -0.2) is 31.2 Å². The molecule has 0 heterocycles. The first-order valence-electron chi connectivity index (χ1n) is 7.43. The van der Waals surface area contributed by atoms with Gasteiger partial charge in [0.2, 0.25) is 0 Å². The Bertz CT molecular complexity index is 712. The molecular formula is C18H19N3O3. The molecule has 6 heteroatoms. The highest BCUT2D eigenvalue weighted by molar-refractivity contribution is 5.97. The van der Waals surface area contributed by atoms with Crippen LogP contribution >= 0.6 is 0 Å². The Morgan fingerprint density at radius 1 is 1.08 bits per heavy atom. The minimum absolute atomic E-state index is 0.340. The second-order valence-corrected chi connectivity index (χ2v) is 5.07. The number of methoxy groups -OCH3 is 1. The molecule has 0 unspecified atom stereocenters. The molecule has 24 heavy (non-hydrogen) atoms. The van der Waals surface area contributed by atoms with Crippen molar-refractivity contribution in [3.05, 3.63) is 65.7 Å². The predicted octanol–water partition coefficient (Wildman–Crippen LogP) is 1.96. The zero-order valence-corrected chi connectivity index (χ0v) is 13.5. The van der Waals surface area contributed by atoms with Gasteiger partial charge < -0.3 is 10.1 Å². The Balaban J connectivity index is 1.86. The SMILES string of the molecule is COc1ccc(C(=O)N[C@@H](C)C(=O)N/N=C/c2ccccc2)cc1. The van der Waals surface area contributed by atoms with Crippen LogP contribution in [0.1, 0.15) is 22.8 Å². The van der Waals surface area contributed by atoms with E-state index in [-0.39, 0.29) is 5.91 Å². The van der Waals surface area contributed by atoms with Gasteiger partial charge in [0.05, 0.1) is 13.3 Å². The minimum atomic E-state index is -0.715. The topological polar surface area (TPSA) is 79.8 Å². The molecule has 0 aliphatic carbocycles. The van der Waals surface area contributed by atoms with Gasteiger partial charge in [-0.05, 0) is 36.8 Å². The van der Waals surface area contributed by atoms with Gasteiger partial charge in [-0.25, -0.2) is 5.43 Å². The molecule has 2 amide bonds. The van der Waals surface area contributed by atoms with Gasteiger partial charge in [-0.15, -0.1) is 0 Å². The highest BCUT2D eigenvalue weighted by Gasteiger charge is 2.16. The molecule has 2 aromatic rings. The number of carbonyl (C=O) groups excluding carboxylic acids is 2. The average molecular weight is 325 g/mol. The molecule has 0 bridgehead atoms.